The van der Waals surface area contributed by atoms with Crippen LogP contribution in [-0.2, 0) is 26.1 Å². The van der Waals surface area contributed by atoms with Crippen molar-refractivity contribution in [2.24, 2.45) is 5.11 Å². The van der Waals surface area contributed by atoms with E-state index in [0.29, 0.717) is 11.0 Å². The zero-order valence-corrected chi connectivity index (χ0v) is 15.9. The summed E-state index contributed by atoms with van der Waals surface area (Å²) < 4.78 is 49.2. The lowest BCUT2D eigenvalue weighted by atomic mass is 9.74. The van der Waals surface area contributed by atoms with E-state index >= 15 is 0 Å². The Kier molecular flexibility index (Phi) is 4.95. The summed E-state index contributed by atoms with van der Waals surface area (Å²) in [5, 5.41) is 3.46. The van der Waals surface area contributed by atoms with E-state index in [1.807, 2.05) is 27.7 Å². The number of hydrogen-bond donors (Lipinski definition) is 0. The molecule has 1 fully saturated rings. The average molecular weight is 369 g/mol. The number of rotatable bonds is 4. The van der Waals surface area contributed by atoms with Crippen LogP contribution in [0.15, 0.2) is 16.1 Å². The predicted molar refractivity (Wildman–Crippen MR) is 92.8 cm³/mol. The molecule has 0 N–H and O–H groups in total. The predicted octanol–water partition coefficient (Wildman–Crippen LogP) is 3.07. The molecular formula is C15H21BFN3O4S. The maximum absolute atomic E-state index is 13.9. The van der Waals surface area contributed by atoms with Gasteiger partial charge in [0, 0.05) is 4.91 Å². The summed E-state index contributed by atoms with van der Waals surface area (Å²) in [6.45, 7) is 10.4. The normalized spacial score (nSPS) is 18.9. The monoisotopic (exact) mass is 369 g/mol. The van der Waals surface area contributed by atoms with Gasteiger partial charge in [0.05, 0.1) is 17.7 Å². The van der Waals surface area contributed by atoms with Crippen molar-refractivity contribution in [3.05, 3.63) is 33.2 Å². The van der Waals surface area contributed by atoms with E-state index < -0.39 is 33.4 Å². The molecule has 0 bridgehead atoms. The molecule has 0 spiro atoms. The highest BCUT2D eigenvalue weighted by atomic mass is 32.3. The Morgan fingerprint density at radius 3 is 2.16 bits per heavy atom. The number of azide groups is 1. The first-order chi connectivity index (χ1) is 11.3. The molecule has 1 aromatic rings. The second kappa shape index (κ2) is 6.28. The van der Waals surface area contributed by atoms with Gasteiger partial charge in [0.2, 0.25) is 0 Å². The van der Waals surface area contributed by atoms with Crippen LogP contribution in [0.4, 0.5) is 3.89 Å². The molecule has 0 unspecified atom stereocenters. The molecule has 2 rings (SSSR count). The summed E-state index contributed by atoms with van der Waals surface area (Å²) in [6.07, 6.45) is 0. The minimum atomic E-state index is -4.97. The Hall–Kier alpha value is -1.61. The molecule has 1 heterocycles. The van der Waals surface area contributed by atoms with Crippen molar-refractivity contribution < 1.29 is 21.6 Å². The van der Waals surface area contributed by atoms with Crippen molar-refractivity contribution in [3.63, 3.8) is 0 Å². The zero-order valence-electron chi connectivity index (χ0n) is 15.1. The van der Waals surface area contributed by atoms with Gasteiger partial charge in [0.1, 0.15) is 4.90 Å². The molecular weight excluding hydrogens is 348 g/mol. The highest BCUT2D eigenvalue weighted by Gasteiger charge is 2.52. The van der Waals surface area contributed by atoms with E-state index in [1.54, 1.807) is 6.07 Å². The third-order valence-electron chi connectivity index (χ3n) is 4.98. The quantitative estimate of drug-likeness (QED) is 0.268. The van der Waals surface area contributed by atoms with Crippen LogP contribution in [-0.4, -0.2) is 26.7 Å². The molecule has 0 aromatic heterocycles. The molecule has 7 nitrogen and oxygen atoms in total. The maximum atomic E-state index is 13.9. The summed E-state index contributed by atoms with van der Waals surface area (Å²) in [5.74, 6) is 0. The fourth-order valence-corrected chi connectivity index (χ4v) is 3.80. The molecule has 0 atom stereocenters. The van der Waals surface area contributed by atoms with Crippen LogP contribution < -0.4 is 5.46 Å². The Labute approximate surface area is 147 Å². The topological polar surface area (TPSA) is 101 Å². The molecule has 136 valence electrons. The lowest BCUT2D eigenvalue weighted by Crippen LogP contribution is -2.41. The summed E-state index contributed by atoms with van der Waals surface area (Å²) in [7, 11) is -5.82. The molecule has 1 aromatic carbocycles. The SMILES string of the molecule is Cc1c(CN=[N+]=[N-])cc(B2OC(C)(C)C(C)(C)O2)c(C)c1S(=O)(=O)F. The van der Waals surface area contributed by atoms with E-state index in [0.717, 1.165) is 0 Å². The van der Waals surface area contributed by atoms with Gasteiger partial charge >= 0.3 is 17.3 Å². The first kappa shape index (κ1) is 19.7. The Morgan fingerprint density at radius 2 is 1.72 bits per heavy atom. The van der Waals surface area contributed by atoms with Crippen molar-refractivity contribution in [1.82, 2.24) is 0 Å². The molecule has 0 amide bonds. The maximum Gasteiger partial charge on any atom is 0.495 e. The van der Waals surface area contributed by atoms with Crippen LogP contribution in [0, 0.1) is 13.8 Å². The van der Waals surface area contributed by atoms with Gasteiger partial charge in [-0.3, -0.25) is 0 Å². The van der Waals surface area contributed by atoms with Gasteiger partial charge in [-0.05, 0) is 69.2 Å². The second-order valence-corrected chi connectivity index (χ2v) is 8.40. The summed E-state index contributed by atoms with van der Waals surface area (Å²) >= 11 is 0. The molecule has 0 aliphatic carbocycles. The van der Waals surface area contributed by atoms with Crippen molar-refractivity contribution in [1.29, 1.82) is 0 Å². The third kappa shape index (κ3) is 3.53. The van der Waals surface area contributed by atoms with Crippen LogP contribution in [0.5, 0.6) is 0 Å². The summed E-state index contributed by atoms with van der Waals surface area (Å²) in [6, 6.07) is 1.65. The molecule has 0 saturated carbocycles. The first-order valence-corrected chi connectivity index (χ1v) is 9.14. The van der Waals surface area contributed by atoms with Gasteiger partial charge in [-0.15, -0.1) is 3.89 Å². The van der Waals surface area contributed by atoms with Crippen molar-refractivity contribution in [2.45, 2.75) is 64.2 Å². The molecule has 1 saturated heterocycles. The fourth-order valence-electron chi connectivity index (χ4n) is 2.81. The van der Waals surface area contributed by atoms with Crippen molar-refractivity contribution in [2.75, 3.05) is 0 Å². The largest absolute Gasteiger partial charge is 0.495 e. The molecule has 0 radical (unpaired) electrons. The van der Waals surface area contributed by atoms with Gasteiger partial charge in [-0.1, -0.05) is 11.2 Å². The van der Waals surface area contributed by atoms with Crippen molar-refractivity contribution in [3.8, 4) is 0 Å². The van der Waals surface area contributed by atoms with E-state index in [4.69, 9.17) is 14.8 Å². The van der Waals surface area contributed by atoms with E-state index in [-0.39, 0.29) is 17.7 Å². The van der Waals surface area contributed by atoms with Crippen LogP contribution >= 0.6 is 0 Å². The van der Waals surface area contributed by atoms with Gasteiger partial charge in [0.25, 0.3) is 0 Å². The van der Waals surface area contributed by atoms with Crippen LogP contribution in [0.2, 0.25) is 0 Å². The summed E-state index contributed by atoms with van der Waals surface area (Å²) in [4.78, 5) is 2.25. The fraction of sp³-hybridized carbons (Fsp3) is 0.600. The van der Waals surface area contributed by atoms with Crippen LogP contribution in [0.25, 0.3) is 10.4 Å². The average Bonchev–Trinajstić information content (AvgIpc) is 2.65. The minimum Gasteiger partial charge on any atom is -0.399 e. The van der Waals surface area contributed by atoms with Gasteiger partial charge in [-0.2, -0.15) is 8.42 Å². The smallest absolute Gasteiger partial charge is 0.399 e. The lowest BCUT2D eigenvalue weighted by molar-refractivity contribution is 0.00578. The Morgan fingerprint density at radius 1 is 1.20 bits per heavy atom. The molecule has 1 aliphatic rings. The Balaban J connectivity index is 2.69. The second-order valence-electron chi connectivity index (χ2n) is 7.12. The molecule has 25 heavy (non-hydrogen) atoms. The standard InChI is InChI=1S/C15H21BFN3O4S/c1-9-11(8-19-20-18)7-12(10(2)13(9)25(17,21)22)16-23-14(3,4)15(5,6)24-16/h7H,8H2,1-6H3. The van der Waals surface area contributed by atoms with Crippen LogP contribution in [0.1, 0.15) is 44.4 Å². The number of hydrogen-bond acceptors (Lipinski definition) is 5. The van der Waals surface area contributed by atoms with E-state index in [9.17, 15) is 12.3 Å². The van der Waals surface area contributed by atoms with Gasteiger partial charge < -0.3 is 9.31 Å². The first-order valence-electron chi connectivity index (χ1n) is 7.76. The van der Waals surface area contributed by atoms with Crippen LogP contribution in [0.3, 0.4) is 0 Å². The van der Waals surface area contributed by atoms with Gasteiger partial charge in [0.15, 0.2) is 0 Å². The number of benzene rings is 1. The van der Waals surface area contributed by atoms with E-state index in [1.165, 1.54) is 13.8 Å². The molecule has 1 aliphatic heterocycles. The summed E-state index contributed by atoms with van der Waals surface area (Å²) in [5.41, 5.74) is 8.53. The van der Waals surface area contributed by atoms with E-state index in [2.05, 4.69) is 10.0 Å². The Bertz CT molecular complexity index is 848. The molecule has 10 heteroatoms. The van der Waals surface area contributed by atoms with Crippen molar-refractivity contribution >= 4 is 22.8 Å². The minimum absolute atomic E-state index is 0.0996. The number of halogens is 1. The highest BCUT2D eigenvalue weighted by molar-refractivity contribution is 7.86. The third-order valence-corrected chi connectivity index (χ3v) is 6.08. The number of nitrogens with zero attached hydrogens (tertiary/aromatic N) is 3. The highest BCUT2D eigenvalue weighted by Crippen LogP contribution is 2.37. The lowest BCUT2D eigenvalue weighted by Gasteiger charge is -2.32. The van der Waals surface area contributed by atoms with Gasteiger partial charge in [-0.25, -0.2) is 0 Å². The zero-order chi connectivity index (χ0) is 19.2.